The molecule has 0 amide bonds. The van der Waals surface area contributed by atoms with Gasteiger partial charge in [0.25, 0.3) is 11.6 Å². The summed E-state index contributed by atoms with van der Waals surface area (Å²) in [5, 5.41) is 22.5. The number of rotatable bonds is 6. The van der Waals surface area contributed by atoms with Crippen molar-refractivity contribution in [1.82, 2.24) is 29.8 Å². The Morgan fingerprint density at radius 3 is 2.87 bits per heavy atom. The number of hydrogen-bond donors (Lipinski definition) is 1. The number of nitrogens with zero attached hydrogens (tertiary/aromatic N) is 6. The number of thioether (sulfide) groups is 2. The number of fused-ring (bicyclic) bond motifs is 1. The summed E-state index contributed by atoms with van der Waals surface area (Å²) >= 11 is 3.18. The van der Waals surface area contributed by atoms with Gasteiger partial charge in [0.2, 0.25) is 0 Å². The van der Waals surface area contributed by atoms with Crippen LogP contribution in [0, 0.1) is 6.92 Å². The van der Waals surface area contributed by atoms with E-state index in [0.717, 1.165) is 27.3 Å². The van der Waals surface area contributed by atoms with Crippen molar-refractivity contribution in [3.05, 3.63) is 35.9 Å². The third kappa shape index (κ3) is 3.77. The summed E-state index contributed by atoms with van der Waals surface area (Å²) in [6.45, 7) is 1.84. The molecule has 0 radical (unpaired) electrons. The molecule has 23 heavy (non-hydrogen) atoms. The number of carboxylic acid groups (broad SMARTS) is 1. The Balaban J connectivity index is 1.70. The van der Waals surface area contributed by atoms with Crippen molar-refractivity contribution in [2.24, 2.45) is 0 Å². The van der Waals surface area contributed by atoms with E-state index in [4.69, 9.17) is 5.11 Å². The lowest BCUT2D eigenvalue weighted by atomic mass is 10.5. The fourth-order valence-electron chi connectivity index (χ4n) is 1.80. The molecule has 3 rings (SSSR count). The zero-order valence-corrected chi connectivity index (χ0v) is 13.7. The minimum atomic E-state index is -1.16. The molecule has 10 heteroatoms. The number of hydrogen-bond acceptors (Lipinski definition) is 8. The molecule has 0 bridgehead atoms. The van der Waals surface area contributed by atoms with E-state index in [9.17, 15) is 4.79 Å². The Morgan fingerprint density at radius 2 is 2.13 bits per heavy atom. The first-order valence-electron chi connectivity index (χ1n) is 6.64. The van der Waals surface area contributed by atoms with Gasteiger partial charge in [0.15, 0.2) is 0 Å². The van der Waals surface area contributed by atoms with Crippen molar-refractivity contribution >= 4 is 35.3 Å². The van der Waals surface area contributed by atoms with Crippen LogP contribution in [0.15, 0.2) is 34.4 Å². The number of carbonyl (C=O) groups is 1. The highest BCUT2D eigenvalue weighted by Gasteiger charge is 2.14. The molecule has 3 heterocycles. The number of carboxylic acids is 1. The molecule has 0 unspecified atom stereocenters. The van der Waals surface area contributed by atoms with Crippen LogP contribution < -0.4 is 0 Å². The predicted molar refractivity (Wildman–Crippen MR) is 86.0 cm³/mol. The highest BCUT2D eigenvalue weighted by Crippen LogP contribution is 2.22. The Morgan fingerprint density at radius 1 is 1.30 bits per heavy atom. The normalized spacial score (nSPS) is 11.0. The van der Waals surface area contributed by atoms with E-state index in [-0.39, 0.29) is 5.82 Å². The van der Waals surface area contributed by atoms with E-state index in [1.165, 1.54) is 4.52 Å². The van der Waals surface area contributed by atoms with Gasteiger partial charge < -0.3 is 5.11 Å². The van der Waals surface area contributed by atoms with Gasteiger partial charge in [-0.05, 0) is 25.1 Å². The molecule has 1 N–H and O–H groups in total. The third-order valence-electron chi connectivity index (χ3n) is 2.73. The highest BCUT2D eigenvalue weighted by atomic mass is 32.2. The lowest BCUT2D eigenvalue weighted by Crippen LogP contribution is -2.01. The number of aromatic nitrogens is 6. The van der Waals surface area contributed by atoms with Crippen molar-refractivity contribution in [2.75, 3.05) is 11.5 Å². The van der Waals surface area contributed by atoms with E-state index < -0.39 is 5.97 Å². The summed E-state index contributed by atoms with van der Waals surface area (Å²) in [6.07, 6.45) is 1.64. The Hall–Kier alpha value is -2.20. The van der Waals surface area contributed by atoms with Crippen LogP contribution in [0.2, 0.25) is 0 Å². The fourth-order valence-corrected chi connectivity index (χ4v) is 3.67. The van der Waals surface area contributed by atoms with Crippen LogP contribution >= 0.6 is 23.5 Å². The van der Waals surface area contributed by atoms with E-state index >= 15 is 0 Å². The third-order valence-corrected chi connectivity index (χ3v) is 4.90. The summed E-state index contributed by atoms with van der Waals surface area (Å²) in [5.74, 6) is 0.530. The van der Waals surface area contributed by atoms with Gasteiger partial charge in [-0.15, -0.1) is 33.7 Å². The molecule has 0 aromatic carbocycles. The zero-order chi connectivity index (χ0) is 16.2. The van der Waals surface area contributed by atoms with Crippen molar-refractivity contribution in [2.45, 2.75) is 17.0 Å². The molecule has 0 aliphatic heterocycles. The van der Waals surface area contributed by atoms with Crippen LogP contribution in [-0.4, -0.2) is 52.4 Å². The number of aryl methyl sites for hydroxylation is 1. The minimum absolute atomic E-state index is 0.251. The molecule has 3 aromatic heterocycles. The minimum Gasteiger partial charge on any atom is -0.475 e. The van der Waals surface area contributed by atoms with E-state index in [1.54, 1.807) is 29.7 Å². The molecule has 0 aliphatic carbocycles. The fraction of sp³-hybridized carbons (Fsp3) is 0.231. The van der Waals surface area contributed by atoms with Crippen LogP contribution in [0.1, 0.15) is 16.3 Å². The lowest BCUT2D eigenvalue weighted by Gasteiger charge is -2.04. The second kappa shape index (κ2) is 6.92. The molecule has 3 aromatic rings. The predicted octanol–water partition coefficient (Wildman–Crippen LogP) is 1.81. The smallest absolute Gasteiger partial charge is 0.375 e. The van der Waals surface area contributed by atoms with Crippen LogP contribution in [0.25, 0.3) is 5.78 Å². The molecular weight excluding hydrogens is 336 g/mol. The summed E-state index contributed by atoms with van der Waals surface area (Å²) < 4.78 is 1.47. The summed E-state index contributed by atoms with van der Waals surface area (Å²) in [4.78, 5) is 19.1. The van der Waals surface area contributed by atoms with Gasteiger partial charge in [0.1, 0.15) is 10.1 Å². The topological polar surface area (TPSA) is 106 Å². The van der Waals surface area contributed by atoms with Gasteiger partial charge >= 0.3 is 5.97 Å². The maximum Gasteiger partial charge on any atom is 0.375 e. The van der Waals surface area contributed by atoms with Gasteiger partial charge in [0, 0.05) is 23.4 Å². The van der Waals surface area contributed by atoms with Crippen molar-refractivity contribution in [1.29, 1.82) is 0 Å². The molecular formula is C13H12N6O2S2. The van der Waals surface area contributed by atoms with Gasteiger partial charge in [-0.1, -0.05) is 0 Å². The highest BCUT2D eigenvalue weighted by molar-refractivity contribution is 8.02. The molecule has 118 valence electrons. The second-order valence-electron chi connectivity index (χ2n) is 4.45. The molecule has 0 saturated heterocycles. The van der Waals surface area contributed by atoms with Gasteiger partial charge in [-0.3, -0.25) is 0 Å². The molecule has 0 fully saturated rings. The van der Waals surface area contributed by atoms with E-state index in [0.29, 0.717) is 5.78 Å². The molecule has 0 saturated carbocycles. The van der Waals surface area contributed by atoms with E-state index in [2.05, 4.69) is 25.3 Å². The molecule has 0 spiro atoms. The Kier molecular flexibility index (Phi) is 4.72. The average Bonchev–Trinajstić information content (AvgIpc) is 2.96. The SMILES string of the molecule is Cc1cc(SCCSc2cccnn2)n2nc(C(=O)O)nc2n1. The number of aromatic carboxylic acids is 1. The van der Waals surface area contributed by atoms with Crippen molar-refractivity contribution in [3.8, 4) is 0 Å². The van der Waals surface area contributed by atoms with Crippen LogP contribution in [0.4, 0.5) is 0 Å². The molecule has 8 nitrogen and oxygen atoms in total. The summed E-state index contributed by atoms with van der Waals surface area (Å²) in [5.41, 5.74) is 0.769. The maximum absolute atomic E-state index is 11.0. The van der Waals surface area contributed by atoms with Crippen LogP contribution in [0.5, 0.6) is 0 Å². The summed E-state index contributed by atoms with van der Waals surface area (Å²) in [7, 11) is 0. The first-order valence-corrected chi connectivity index (χ1v) is 8.61. The summed E-state index contributed by atoms with van der Waals surface area (Å²) in [6, 6.07) is 5.62. The van der Waals surface area contributed by atoms with Gasteiger partial charge in [0.05, 0.1) is 0 Å². The Labute approximate surface area is 139 Å². The van der Waals surface area contributed by atoms with Crippen LogP contribution in [0.3, 0.4) is 0 Å². The quantitative estimate of drug-likeness (QED) is 0.405. The van der Waals surface area contributed by atoms with E-state index in [1.807, 2.05) is 25.1 Å². The second-order valence-corrected chi connectivity index (χ2v) is 6.68. The van der Waals surface area contributed by atoms with Crippen LogP contribution in [-0.2, 0) is 0 Å². The standard InChI is InChI=1S/C13H12N6O2S2/c1-8-7-10(19-13(15-8)16-11(18-19)12(20)21)23-6-5-22-9-3-2-4-14-17-9/h2-4,7H,5-6H2,1H3,(H,20,21). The Bertz CT molecular complexity index is 839. The van der Waals surface area contributed by atoms with Crippen molar-refractivity contribution in [3.63, 3.8) is 0 Å². The lowest BCUT2D eigenvalue weighted by molar-refractivity contribution is 0.0683. The molecule has 0 atom stereocenters. The van der Waals surface area contributed by atoms with Crippen molar-refractivity contribution < 1.29 is 9.90 Å². The molecule has 0 aliphatic rings. The maximum atomic E-state index is 11.0. The van der Waals surface area contributed by atoms with Gasteiger partial charge in [-0.25, -0.2) is 9.78 Å². The first kappa shape index (κ1) is 15.7. The average molecular weight is 348 g/mol. The zero-order valence-electron chi connectivity index (χ0n) is 12.1. The van der Waals surface area contributed by atoms with Gasteiger partial charge in [-0.2, -0.15) is 14.6 Å². The first-order chi connectivity index (χ1) is 11.1. The largest absolute Gasteiger partial charge is 0.475 e. The monoisotopic (exact) mass is 348 g/mol.